The highest BCUT2D eigenvalue weighted by molar-refractivity contribution is 6.33. The van der Waals surface area contributed by atoms with Crippen LogP contribution in [0.2, 0.25) is 0 Å². The molecule has 0 spiro atoms. The number of benzene rings is 2. The molecule has 5 rings (SSSR count). The number of carbonyl (C=O) groups is 6. The van der Waals surface area contributed by atoms with E-state index in [1.807, 2.05) is 0 Å². The lowest BCUT2D eigenvalue weighted by molar-refractivity contribution is -0.262. The number of phenols is 1. The standard InChI is InChI=1S/C39H44FN3O13/c1-19-32(52-23(44)14-17-42-36(49)55-38(2,3)4)33(53-24(45)15-18-43-37(50)56-39(5,6)7)27(40)35(51-19)54-34-28-22(13-10-16-41-28)25-26(31(34)48)30(47)21-12-9-8-11-20(21)29(25)46/h8-13,16,19,27,32-33,35,48H,14-15,17-18H2,1-7H3,(H,42,49)(H,43,50)/t19-,27-,32+,33-,35-/m0/s1. The minimum atomic E-state index is -2.40. The Kier molecular flexibility index (Phi) is 12.2. The van der Waals surface area contributed by atoms with Gasteiger partial charge in [0.05, 0.1) is 24.5 Å². The summed E-state index contributed by atoms with van der Waals surface area (Å²) in [5, 5.41) is 16.5. The summed E-state index contributed by atoms with van der Waals surface area (Å²) >= 11 is 0. The maximum absolute atomic E-state index is 16.7. The van der Waals surface area contributed by atoms with Crippen molar-refractivity contribution >= 4 is 46.6 Å². The van der Waals surface area contributed by atoms with Crippen LogP contribution in [0.15, 0.2) is 42.6 Å². The monoisotopic (exact) mass is 781 g/mol. The maximum atomic E-state index is 16.7. The quantitative estimate of drug-likeness (QED) is 0.145. The topological polar surface area (TPSA) is 215 Å². The van der Waals surface area contributed by atoms with Gasteiger partial charge in [0.15, 0.2) is 35.3 Å². The van der Waals surface area contributed by atoms with E-state index in [0.717, 1.165) is 0 Å². The van der Waals surface area contributed by atoms with Crippen LogP contribution in [0, 0.1) is 0 Å². The summed E-state index contributed by atoms with van der Waals surface area (Å²) < 4.78 is 49.8. The number of nitrogens with one attached hydrogen (secondary N) is 2. The molecule has 16 nitrogen and oxygen atoms in total. The molecular weight excluding hydrogens is 737 g/mol. The van der Waals surface area contributed by atoms with Gasteiger partial charge in [-0.05, 0) is 54.5 Å². The van der Waals surface area contributed by atoms with Crippen LogP contribution in [-0.4, -0.2) is 101 Å². The van der Waals surface area contributed by atoms with Crippen LogP contribution in [0.3, 0.4) is 0 Å². The number of pyridine rings is 1. The molecule has 0 saturated carbocycles. The second-order valence-electron chi connectivity index (χ2n) is 15.1. The van der Waals surface area contributed by atoms with Crippen LogP contribution in [0.25, 0.3) is 10.9 Å². The zero-order valence-corrected chi connectivity index (χ0v) is 31.9. The fourth-order valence-electron chi connectivity index (χ4n) is 6.04. The smallest absolute Gasteiger partial charge is 0.407 e. The van der Waals surface area contributed by atoms with Crippen molar-refractivity contribution in [2.24, 2.45) is 0 Å². The van der Waals surface area contributed by atoms with E-state index in [2.05, 4.69) is 15.6 Å². The van der Waals surface area contributed by atoms with E-state index in [4.69, 9.17) is 28.4 Å². The van der Waals surface area contributed by atoms with Crippen molar-refractivity contribution in [3.63, 3.8) is 0 Å². The molecule has 300 valence electrons. The summed E-state index contributed by atoms with van der Waals surface area (Å²) in [6.45, 7) is 10.9. The number of halogens is 1. The fraction of sp³-hybridized carbons (Fsp3) is 0.462. The molecule has 5 atom stereocenters. The SMILES string of the molecule is C[C@@H]1O[C@@H](Oc2c(O)c3c(c4cccnc24)C(=O)c2ccccc2C3=O)[C@@H](F)[C@H](OC(=O)CCNC(=O)OC(C)(C)C)[C@@H]1OC(=O)CCNC(=O)OC(C)(C)C. The van der Waals surface area contributed by atoms with Crippen LogP contribution < -0.4 is 15.4 Å². The van der Waals surface area contributed by atoms with Gasteiger partial charge < -0.3 is 44.2 Å². The Balaban J connectivity index is 1.40. The number of rotatable bonds is 10. The molecule has 2 aliphatic rings. The molecule has 1 aliphatic carbocycles. The highest BCUT2D eigenvalue weighted by atomic mass is 19.1. The minimum absolute atomic E-state index is 0.0412. The number of alkyl carbamates (subject to hydrolysis) is 2. The number of esters is 2. The first-order valence-electron chi connectivity index (χ1n) is 17.9. The molecule has 0 bridgehead atoms. The van der Waals surface area contributed by atoms with Crippen LogP contribution in [-0.2, 0) is 33.3 Å². The summed E-state index contributed by atoms with van der Waals surface area (Å²) in [6.07, 6.45) is -10.1. The molecule has 1 aliphatic heterocycles. The van der Waals surface area contributed by atoms with E-state index in [-0.39, 0.29) is 52.7 Å². The molecule has 0 unspecified atom stereocenters. The van der Waals surface area contributed by atoms with Crippen molar-refractivity contribution in [3.05, 3.63) is 64.8 Å². The number of hydrogen-bond acceptors (Lipinski definition) is 14. The summed E-state index contributed by atoms with van der Waals surface area (Å²) in [6, 6.07) is 9.09. The van der Waals surface area contributed by atoms with Crippen molar-refractivity contribution in [2.45, 2.75) is 103 Å². The third kappa shape index (κ3) is 9.50. The van der Waals surface area contributed by atoms with Gasteiger partial charge in [0.25, 0.3) is 0 Å². The Bertz CT molecular complexity index is 2040. The molecule has 2 amide bonds. The largest absolute Gasteiger partial charge is 0.504 e. The van der Waals surface area contributed by atoms with Crippen molar-refractivity contribution in [1.82, 2.24) is 15.6 Å². The number of alkyl halides is 1. The first kappa shape index (κ1) is 41.3. The lowest BCUT2D eigenvalue weighted by Gasteiger charge is -2.41. The molecular formula is C39H44FN3O13. The first-order valence-corrected chi connectivity index (χ1v) is 17.9. The number of nitrogens with zero attached hydrogens (tertiary/aromatic N) is 1. The average molecular weight is 782 g/mol. The molecule has 0 radical (unpaired) electrons. The molecule has 2 heterocycles. The fourth-order valence-corrected chi connectivity index (χ4v) is 6.04. The van der Waals surface area contributed by atoms with Crippen molar-refractivity contribution < 1.29 is 66.7 Å². The van der Waals surface area contributed by atoms with Gasteiger partial charge in [-0.2, -0.15) is 0 Å². The van der Waals surface area contributed by atoms with E-state index in [0.29, 0.717) is 0 Å². The van der Waals surface area contributed by atoms with Crippen LogP contribution in [0.1, 0.15) is 93.2 Å². The normalized spacial score (nSPS) is 20.6. The third-order valence-electron chi connectivity index (χ3n) is 8.34. The van der Waals surface area contributed by atoms with E-state index in [9.17, 15) is 33.9 Å². The number of aromatic hydroxyl groups is 1. The molecule has 1 saturated heterocycles. The molecule has 1 aromatic heterocycles. The molecule has 1 fully saturated rings. The Morgan fingerprint density at radius 2 is 1.32 bits per heavy atom. The highest BCUT2D eigenvalue weighted by Crippen LogP contribution is 2.46. The number of fused-ring (bicyclic) bond motifs is 4. The van der Waals surface area contributed by atoms with E-state index >= 15 is 4.39 Å². The predicted octanol–water partition coefficient (Wildman–Crippen LogP) is 4.83. The molecule has 3 aromatic rings. The summed E-state index contributed by atoms with van der Waals surface area (Å²) in [5.74, 6) is -4.42. The van der Waals surface area contributed by atoms with Gasteiger partial charge in [0, 0.05) is 41.4 Å². The molecule has 2 aromatic carbocycles. The zero-order chi connectivity index (χ0) is 41.1. The van der Waals surface area contributed by atoms with Gasteiger partial charge in [-0.25, -0.2) is 14.0 Å². The van der Waals surface area contributed by atoms with Gasteiger partial charge in [0.1, 0.15) is 16.7 Å². The number of hydrogen-bond donors (Lipinski definition) is 3. The van der Waals surface area contributed by atoms with Crippen molar-refractivity contribution in [1.29, 1.82) is 0 Å². The molecule has 56 heavy (non-hydrogen) atoms. The molecule has 3 N–H and O–H groups in total. The van der Waals surface area contributed by atoms with Gasteiger partial charge in [-0.1, -0.05) is 30.3 Å². The van der Waals surface area contributed by atoms with Crippen molar-refractivity contribution in [3.8, 4) is 11.5 Å². The van der Waals surface area contributed by atoms with E-state index in [1.165, 1.54) is 37.4 Å². The number of ketones is 2. The molecule has 17 heteroatoms. The van der Waals surface area contributed by atoms with E-state index < -0.39 is 95.6 Å². The Morgan fingerprint density at radius 1 is 0.804 bits per heavy atom. The number of ether oxygens (including phenoxy) is 6. The summed E-state index contributed by atoms with van der Waals surface area (Å²) in [7, 11) is 0. The lowest BCUT2D eigenvalue weighted by Crippen LogP contribution is -2.59. The van der Waals surface area contributed by atoms with Gasteiger partial charge in [-0.15, -0.1) is 0 Å². The second kappa shape index (κ2) is 16.5. The number of amides is 2. The van der Waals surface area contributed by atoms with Crippen LogP contribution in [0.4, 0.5) is 14.0 Å². The van der Waals surface area contributed by atoms with Gasteiger partial charge in [-0.3, -0.25) is 24.2 Å². The maximum Gasteiger partial charge on any atom is 0.407 e. The third-order valence-corrected chi connectivity index (χ3v) is 8.34. The summed E-state index contributed by atoms with van der Waals surface area (Å²) in [5.41, 5.74) is -2.01. The first-order chi connectivity index (χ1) is 26.3. The van der Waals surface area contributed by atoms with Crippen LogP contribution in [0.5, 0.6) is 11.5 Å². The highest BCUT2D eigenvalue weighted by Gasteiger charge is 2.51. The Labute approximate surface area is 321 Å². The van der Waals surface area contributed by atoms with Gasteiger partial charge >= 0.3 is 24.1 Å². The lowest BCUT2D eigenvalue weighted by atomic mass is 9.81. The van der Waals surface area contributed by atoms with Crippen LogP contribution >= 0.6 is 0 Å². The predicted molar refractivity (Wildman–Crippen MR) is 194 cm³/mol. The van der Waals surface area contributed by atoms with Crippen molar-refractivity contribution in [2.75, 3.05) is 13.1 Å². The number of aromatic nitrogens is 1. The van der Waals surface area contributed by atoms with Gasteiger partial charge in [0.2, 0.25) is 12.5 Å². The average Bonchev–Trinajstić information content (AvgIpc) is 3.10. The Hall–Kier alpha value is -5.84. The number of carbonyl (C=O) groups excluding carboxylic acids is 6. The minimum Gasteiger partial charge on any atom is -0.504 e. The number of phenolic OH excluding ortho intramolecular Hbond substituents is 1. The van der Waals surface area contributed by atoms with E-state index in [1.54, 1.807) is 53.7 Å². The Morgan fingerprint density at radius 3 is 1.86 bits per heavy atom. The summed E-state index contributed by atoms with van der Waals surface area (Å²) in [4.78, 5) is 81.7. The second-order valence-corrected chi connectivity index (χ2v) is 15.1. The zero-order valence-electron chi connectivity index (χ0n) is 31.9.